The highest BCUT2D eigenvalue weighted by atomic mass is 16.4. The van der Waals surface area contributed by atoms with Gasteiger partial charge in [-0.3, -0.25) is 4.90 Å². The van der Waals surface area contributed by atoms with Crippen molar-refractivity contribution in [2.24, 2.45) is 0 Å². The summed E-state index contributed by atoms with van der Waals surface area (Å²) in [6.07, 6.45) is 3.90. The van der Waals surface area contributed by atoms with Gasteiger partial charge in [0, 0.05) is 6.92 Å². The highest BCUT2D eigenvalue weighted by Gasteiger charge is 2.30. The van der Waals surface area contributed by atoms with Gasteiger partial charge in [0.25, 0.3) is 0 Å². The van der Waals surface area contributed by atoms with E-state index in [0.717, 1.165) is 30.9 Å². The van der Waals surface area contributed by atoms with Gasteiger partial charge >= 0.3 is 0 Å². The molecular weight excluding hydrogens is 292 g/mol. The van der Waals surface area contributed by atoms with Crippen molar-refractivity contribution < 1.29 is 4.42 Å². The Morgan fingerprint density at radius 1 is 1.22 bits per heavy atom. The number of aryl methyl sites for hydroxylation is 1. The number of likely N-dealkylation sites (tertiary alicyclic amines) is 1. The van der Waals surface area contributed by atoms with Crippen molar-refractivity contribution in [1.82, 2.24) is 29.9 Å². The lowest BCUT2D eigenvalue weighted by molar-refractivity contribution is 0.208. The highest BCUT2D eigenvalue weighted by Crippen LogP contribution is 2.31. The minimum absolute atomic E-state index is 0.167. The van der Waals surface area contributed by atoms with E-state index >= 15 is 0 Å². The smallest absolute Gasteiger partial charge is 0.233 e. The Balaban J connectivity index is 1.50. The highest BCUT2D eigenvalue weighted by molar-refractivity contribution is 5.29. The summed E-state index contributed by atoms with van der Waals surface area (Å²) in [7, 11) is 0. The number of rotatable bonds is 4. The van der Waals surface area contributed by atoms with Crippen LogP contribution in [0.25, 0.3) is 5.69 Å². The standard InChI is InChI=1S/C16H18N6O/c1-12-18-19-16(23-12)14-8-5-9-21(14)10-15-17-11-22(20-15)13-6-3-2-4-7-13/h2-4,6-7,11,14H,5,8-10H2,1H3/t14-/m0/s1. The molecule has 0 bridgehead atoms. The summed E-state index contributed by atoms with van der Waals surface area (Å²) in [5.74, 6) is 2.11. The van der Waals surface area contributed by atoms with Gasteiger partial charge in [0.2, 0.25) is 11.8 Å². The summed E-state index contributed by atoms with van der Waals surface area (Å²) in [5.41, 5.74) is 1.01. The molecule has 1 atom stereocenters. The fraction of sp³-hybridized carbons (Fsp3) is 0.375. The molecule has 0 spiro atoms. The minimum Gasteiger partial charge on any atom is -0.424 e. The first-order chi connectivity index (χ1) is 11.3. The third-order valence-electron chi connectivity index (χ3n) is 4.09. The lowest BCUT2D eigenvalue weighted by Crippen LogP contribution is -2.23. The molecule has 3 heterocycles. The number of hydrogen-bond donors (Lipinski definition) is 0. The largest absolute Gasteiger partial charge is 0.424 e. The molecular formula is C16H18N6O. The molecule has 0 unspecified atom stereocenters. The van der Waals surface area contributed by atoms with Gasteiger partial charge in [-0.1, -0.05) is 18.2 Å². The molecule has 1 fully saturated rings. The fourth-order valence-corrected chi connectivity index (χ4v) is 3.00. The average Bonchev–Trinajstić information content (AvgIpc) is 3.29. The number of aromatic nitrogens is 5. The number of para-hydroxylation sites is 1. The Morgan fingerprint density at radius 2 is 2.09 bits per heavy atom. The second-order valence-electron chi connectivity index (χ2n) is 5.73. The van der Waals surface area contributed by atoms with Gasteiger partial charge in [-0.15, -0.1) is 15.3 Å². The summed E-state index contributed by atoms with van der Waals surface area (Å²) >= 11 is 0. The van der Waals surface area contributed by atoms with Crippen LogP contribution in [0.2, 0.25) is 0 Å². The Kier molecular flexibility index (Phi) is 3.63. The first-order valence-corrected chi connectivity index (χ1v) is 7.79. The lowest BCUT2D eigenvalue weighted by atomic mass is 10.2. The van der Waals surface area contributed by atoms with Gasteiger partial charge in [-0.05, 0) is 31.5 Å². The molecule has 3 aromatic rings. The van der Waals surface area contributed by atoms with Crippen LogP contribution in [0.5, 0.6) is 0 Å². The maximum absolute atomic E-state index is 5.60. The van der Waals surface area contributed by atoms with E-state index in [-0.39, 0.29) is 6.04 Å². The second-order valence-corrected chi connectivity index (χ2v) is 5.73. The van der Waals surface area contributed by atoms with Gasteiger partial charge < -0.3 is 4.42 Å². The summed E-state index contributed by atoms with van der Waals surface area (Å²) in [5, 5.41) is 12.7. The van der Waals surface area contributed by atoms with Crippen molar-refractivity contribution in [3.8, 4) is 5.69 Å². The van der Waals surface area contributed by atoms with E-state index in [1.807, 2.05) is 37.3 Å². The molecule has 7 heteroatoms. The van der Waals surface area contributed by atoms with Crippen LogP contribution in [0.3, 0.4) is 0 Å². The fourth-order valence-electron chi connectivity index (χ4n) is 3.00. The van der Waals surface area contributed by atoms with Crippen LogP contribution in [0.1, 0.15) is 36.5 Å². The summed E-state index contributed by atoms with van der Waals surface area (Å²) in [6.45, 7) is 3.50. The van der Waals surface area contributed by atoms with E-state index in [1.54, 1.807) is 11.0 Å². The normalized spacial score (nSPS) is 18.6. The number of nitrogens with zero attached hydrogens (tertiary/aromatic N) is 6. The lowest BCUT2D eigenvalue weighted by Gasteiger charge is -2.19. The van der Waals surface area contributed by atoms with Crippen LogP contribution >= 0.6 is 0 Å². The Bertz CT molecular complexity index is 781. The molecule has 1 aromatic carbocycles. The second kappa shape index (κ2) is 5.92. The molecule has 1 aliphatic rings. The molecule has 2 aromatic heterocycles. The monoisotopic (exact) mass is 310 g/mol. The Hall–Kier alpha value is -2.54. The maximum Gasteiger partial charge on any atom is 0.233 e. The van der Waals surface area contributed by atoms with Gasteiger partial charge in [0.15, 0.2) is 5.82 Å². The van der Waals surface area contributed by atoms with Crippen molar-refractivity contribution in [2.75, 3.05) is 6.54 Å². The summed E-state index contributed by atoms with van der Waals surface area (Å²) in [4.78, 5) is 6.74. The zero-order chi connectivity index (χ0) is 15.6. The molecule has 4 rings (SSSR count). The van der Waals surface area contributed by atoms with Crippen LogP contribution in [0.15, 0.2) is 41.1 Å². The molecule has 0 N–H and O–H groups in total. The van der Waals surface area contributed by atoms with Gasteiger partial charge in [-0.2, -0.15) is 0 Å². The van der Waals surface area contributed by atoms with Crippen LogP contribution in [0.4, 0.5) is 0 Å². The number of hydrogen-bond acceptors (Lipinski definition) is 6. The van der Waals surface area contributed by atoms with E-state index in [1.165, 1.54) is 0 Å². The topological polar surface area (TPSA) is 72.9 Å². The van der Waals surface area contributed by atoms with Crippen LogP contribution in [0, 0.1) is 6.92 Å². The quantitative estimate of drug-likeness (QED) is 0.736. The minimum atomic E-state index is 0.167. The van der Waals surface area contributed by atoms with Gasteiger partial charge in [0.1, 0.15) is 6.33 Å². The molecule has 23 heavy (non-hydrogen) atoms. The zero-order valence-electron chi connectivity index (χ0n) is 13.0. The van der Waals surface area contributed by atoms with Crippen molar-refractivity contribution in [1.29, 1.82) is 0 Å². The molecule has 0 amide bonds. The predicted octanol–water partition coefficient (Wildman–Crippen LogP) is 2.30. The third kappa shape index (κ3) is 2.87. The Morgan fingerprint density at radius 3 is 2.87 bits per heavy atom. The van der Waals surface area contributed by atoms with Crippen LogP contribution in [-0.2, 0) is 6.54 Å². The first-order valence-electron chi connectivity index (χ1n) is 7.79. The van der Waals surface area contributed by atoms with E-state index < -0.39 is 0 Å². The van der Waals surface area contributed by atoms with Crippen LogP contribution in [-0.4, -0.2) is 36.4 Å². The molecule has 7 nitrogen and oxygen atoms in total. The van der Waals surface area contributed by atoms with Gasteiger partial charge in [-0.25, -0.2) is 9.67 Å². The predicted molar refractivity (Wildman–Crippen MR) is 82.8 cm³/mol. The van der Waals surface area contributed by atoms with E-state index in [0.29, 0.717) is 18.3 Å². The molecule has 118 valence electrons. The third-order valence-corrected chi connectivity index (χ3v) is 4.09. The molecule has 0 saturated carbocycles. The summed E-state index contributed by atoms with van der Waals surface area (Å²) < 4.78 is 7.40. The van der Waals surface area contributed by atoms with Crippen molar-refractivity contribution in [2.45, 2.75) is 32.4 Å². The number of benzene rings is 1. The van der Waals surface area contributed by atoms with E-state index in [2.05, 4.69) is 25.2 Å². The van der Waals surface area contributed by atoms with Gasteiger partial charge in [0.05, 0.1) is 18.3 Å². The molecule has 0 aliphatic carbocycles. The average molecular weight is 310 g/mol. The summed E-state index contributed by atoms with van der Waals surface area (Å²) in [6, 6.07) is 10.2. The van der Waals surface area contributed by atoms with Crippen LogP contribution < -0.4 is 0 Å². The first kappa shape index (κ1) is 14.1. The van der Waals surface area contributed by atoms with Crippen molar-refractivity contribution >= 4 is 0 Å². The zero-order valence-corrected chi connectivity index (χ0v) is 13.0. The van der Waals surface area contributed by atoms with E-state index in [9.17, 15) is 0 Å². The van der Waals surface area contributed by atoms with Crippen molar-refractivity contribution in [3.63, 3.8) is 0 Å². The Labute approximate surface area is 134 Å². The molecule has 1 aliphatic heterocycles. The van der Waals surface area contributed by atoms with Crippen molar-refractivity contribution in [3.05, 3.63) is 54.3 Å². The SMILES string of the molecule is Cc1nnc([C@@H]2CCCN2Cc2ncn(-c3ccccc3)n2)o1. The molecule has 1 saturated heterocycles. The maximum atomic E-state index is 5.60. The van der Waals surface area contributed by atoms with E-state index in [4.69, 9.17) is 4.42 Å². The molecule has 0 radical (unpaired) electrons.